The Hall–Kier alpha value is -3.12. The Bertz CT molecular complexity index is 860. The zero-order valence-electron chi connectivity index (χ0n) is 15.6. The third-order valence-electron chi connectivity index (χ3n) is 4.12. The fourth-order valence-electron chi connectivity index (χ4n) is 2.60. The van der Waals surface area contributed by atoms with Crippen molar-refractivity contribution in [2.45, 2.75) is 6.92 Å². The minimum Gasteiger partial charge on any atom is -0.488 e. The maximum Gasteiger partial charge on any atom is 0.281 e. The highest BCUT2D eigenvalue weighted by Gasteiger charge is 2.13. The van der Waals surface area contributed by atoms with Crippen molar-refractivity contribution in [1.29, 1.82) is 0 Å². The molecule has 0 aliphatic rings. The van der Waals surface area contributed by atoms with E-state index < -0.39 is 0 Å². The molecule has 27 heavy (non-hydrogen) atoms. The van der Waals surface area contributed by atoms with E-state index in [1.54, 1.807) is 6.07 Å². The van der Waals surface area contributed by atoms with Gasteiger partial charge in [0.05, 0.1) is 7.05 Å². The van der Waals surface area contributed by atoms with E-state index in [0.717, 1.165) is 16.2 Å². The smallest absolute Gasteiger partial charge is 0.281 e. The number of quaternary nitrogens is 1. The number of carbonyl (C=O) groups excluding carboxylic acids is 1. The van der Waals surface area contributed by atoms with Crippen LogP contribution in [0.3, 0.4) is 0 Å². The Morgan fingerprint density at radius 2 is 1.89 bits per heavy atom. The second kappa shape index (κ2) is 9.00. The summed E-state index contributed by atoms with van der Waals surface area (Å²) in [5.74, 6) is 1.06. The Morgan fingerprint density at radius 1 is 1.15 bits per heavy atom. The molecule has 0 fully saturated rings. The Balaban J connectivity index is 1.44. The number of nitrogens with one attached hydrogen (secondary N) is 2. The van der Waals surface area contributed by atoms with E-state index in [-0.39, 0.29) is 5.91 Å². The topological polar surface area (TPSA) is 68.8 Å². The lowest BCUT2D eigenvalue weighted by Crippen LogP contribution is -3.10. The Labute approximate surface area is 158 Å². The van der Waals surface area contributed by atoms with E-state index in [1.807, 2.05) is 68.6 Å². The molecular formula is C21H24N3O3+. The molecular weight excluding hydrogens is 342 g/mol. The second-order valence-electron chi connectivity index (χ2n) is 6.54. The van der Waals surface area contributed by atoms with Gasteiger partial charge in [-0.3, -0.25) is 10.1 Å². The fourth-order valence-corrected chi connectivity index (χ4v) is 2.60. The van der Waals surface area contributed by atoms with Crippen molar-refractivity contribution in [3.63, 3.8) is 0 Å². The number of amides is 1. The first-order valence-electron chi connectivity index (χ1n) is 8.93. The molecule has 6 nitrogen and oxygen atoms in total. The van der Waals surface area contributed by atoms with Crippen molar-refractivity contribution >= 4 is 11.8 Å². The van der Waals surface area contributed by atoms with Crippen LogP contribution < -0.4 is 15.0 Å². The molecule has 1 aromatic heterocycles. The van der Waals surface area contributed by atoms with Gasteiger partial charge in [-0.15, -0.1) is 0 Å². The van der Waals surface area contributed by atoms with E-state index in [1.165, 1.54) is 5.56 Å². The van der Waals surface area contributed by atoms with Gasteiger partial charge >= 0.3 is 0 Å². The monoisotopic (exact) mass is 366 g/mol. The number of para-hydroxylation sites is 1. The molecule has 0 saturated heterocycles. The third-order valence-corrected chi connectivity index (χ3v) is 4.12. The summed E-state index contributed by atoms with van der Waals surface area (Å²) >= 11 is 0. The molecule has 1 atom stereocenters. The van der Waals surface area contributed by atoms with Crippen LogP contribution in [0.5, 0.6) is 5.75 Å². The number of aromatic nitrogens is 1. The van der Waals surface area contributed by atoms with Crippen LogP contribution in [0, 0.1) is 6.92 Å². The maximum absolute atomic E-state index is 12.2. The molecule has 0 bridgehead atoms. The molecule has 2 aromatic carbocycles. The molecule has 1 unspecified atom stereocenters. The van der Waals surface area contributed by atoms with Crippen molar-refractivity contribution < 1.29 is 19.0 Å². The van der Waals surface area contributed by atoms with Crippen molar-refractivity contribution in [1.82, 2.24) is 5.16 Å². The molecule has 3 rings (SSSR count). The number of likely N-dealkylation sites (N-methyl/N-ethyl adjacent to an activating group) is 1. The SMILES string of the molecule is Cc1ccc(-c2cc(NC(=O)C[NH+](C)CCOc3ccccc3)on2)cc1. The highest BCUT2D eigenvalue weighted by Crippen LogP contribution is 2.21. The van der Waals surface area contributed by atoms with Crippen LogP contribution in [-0.4, -0.2) is 37.8 Å². The summed E-state index contributed by atoms with van der Waals surface area (Å²) in [6.45, 7) is 3.61. The Morgan fingerprint density at radius 3 is 2.63 bits per heavy atom. The van der Waals surface area contributed by atoms with Gasteiger partial charge in [0.1, 0.15) is 24.6 Å². The number of hydrogen-bond acceptors (Lipinski definition) is 4. The van der Waals surface area contributed by atoms with Crippen LogP contribution in [0.25, 0.3) is 11.3 Å². The van der Waals surface area contributed by atoms with Crippen LogP contribution in [-0.2, 0) is 4.79 Å². The summed E-state index contributed by atoms with van der Waals surface area (Å²) in [6, 6.07) is 19.3. The quantitative estimate of drug-likeness (QED) is 0.641. The van der Waals surface area contributed by atoms with E-state index in [2.05, 4.69) is 10.5 Å². The van der Waals surface area contributed by atoms with Crippen molar-refractivity contribution in [3.8, 4) is 17.0 Å². The lowest BCUT2D eigenvalue weighted by Gasteiger charge is -2.13. The fraction of sp³-hybridized carbons (Fsp3) is 0.238. The van der Waals surface area contributed by atoms with Crippen LogP contribution in [0.15, 0.2) is 65.2 Å². The van der Waals surface area contributed by atoms with Gasteiger partial charge in [0, 0.05) is 11.6 Å². The number of nitrogens with zero attached hydrogens (tertiary/aromatic N) is 1. The van der Waals surface area contributed by atoms with E-state index >= 15 is 0 Å². The van der Waals surface area contributed by atoms with Gasteiger partial charge in [-0.1, -0.05) is 53.2 Å². The van der Waals surface area contributed by atoms with Gasteiger partial charge in [0.15, 0.2) is 6.54 Å². The van der Waals surface area contributed by atoms with Gasteiger partial charge in [0.2, 0.25) is 5.88 Å². The standard InChI is InChI=1S/C21H23N3O3/c1-16-8-10-17(11-9-16)19-14-21(27-23-19)22-20(25)15-24(2)12-13-26-18-6-4-3-5-7-18/h3-11,14H,12-13,15H2,1-2H3,(H,22,25)/p+1. The van der Waals surface area contributed by atoms with Gasteiger partial charge < -0.3 is 14.2 Å². The number of carbonyl (C=O) groups is 1. The van der Waals surface area contributed by atoms with Gasteiger partial charge in [0.25, 0.3) is 5.91 Å². The first-order chi connectivity index (χ1) is 13.1. The molecule has 1 amide bonds. The molecule has 2 N–H and O–H groups in total. The zero-order valence-corrected chi connectivity index (χ0v) is 15.6. The van der Waals surface area contributed by atoms with Gasteiger partial charge in [-0.2, -0.15) is 0 Å². The highest BCUT2D eigenvalue weighted by molar-refractivity contribution is 5.90. The molecule has 0 aliphatic carbocycles. The van der Waals surface area contributed by atoms with Crippen LogP contribution in [0.1, 0.15) is 5.56 Å². The molecule has 1 heterocycles. The minimum absolute atomic E-state index is 0.126. The van der Waals surface area contributed by atoms with Gasteiger partial charge in [-0.05, 0) is 19.1 Å². The number of rotatable bonds is 8. The average Bonchev–Trinajstić information content (AvgIpc) is 3.11. The first kappa shape index (κ1) is 18.7. The number of anilines is 1. The lowest BCUT2D eigenvalue weighted by atomic mass is 10.1. The summed E-state index contributed by atoms with van der Waals surface area (Å²) < 4.78 is 10.9. The second-order valence-corrected chi connectivity index (χ2v) is 6.54. The van der Waals surface area contributed by atoms with Crippen LogP contribution >= 0.6 is 0 Å². The molecule has 140 valence electrons. The normalized spacial score (nSPS) is 11.8. The number of hydrogen-bond donors (Lipinski definition) is 2. The summed E-state index contributed by atoms with van der Waals surface area (Å²) in [7, 11) is 1.95. The average molecular weight is 366 g/mol. The molecule has 6 heteroatoms. The first-order valence-corrected chi connectivity index (χ1v) is 8.93. The largest absolute Gasteiger partial charge is 0.488 e. The van der Waals surface area contributed by atoms with E-state index in [9.17, 15) is 4.79 Å². The van der Waals surface area contributed by atoms with Crippen LogP contribution in [0.4, 0.5) is 5.88 Å². The van der Waals surface area contributed by atoms with E-state index in [0.29, 0.717) is 31.3 Å². The summed E-state index contributed by atoms with van der Waals surface area (Å²) in [5, 5.41) is 6.77. The molecule has 0 saturated carbocycles. The van der Waals surface area contributed by atoms with Gasteiger partial charge in [-0.25, -0.2) is 0 Å². The maximum atomic E-state index is 12.2. The minimum atomic E-state index is -0.126. The number of benzene rings is 2. The Kier molecular flexibility index (Phi) is 6.22. The van der Waals surface area contributed by atoms with Crippen molar-refractivity contribution in [2.75, 3.05) is 32.1 Å². The molecule has 0 spiro atoms. The number of aryl methyl sites for hydroxylation is 1. The predicted octanol–water partition coefficient (Wildman–Crippen LogP) is 2.18. The summed E-state index contributed by atoms with van der Waals surface area (Å²) in [5.41, 5.74) is 2.82. The molecule has 0 radical (unpaired) electrons. The van der Waals surface area contributed by atoms with Crippen molar-refractivity contribution in [3.05, 3.63) is 66.2 Å². The summed E-state index contributed by atoms with van der Waals surface area (Å²) in [4.78, 5) is 13.2. The van der Waals surface area contributed by atoms with E-state index in [4.69, 9.17) is 9.26 Å². The third kappa shape index (κ3) is 5.69. The van der Waals surface area contributed by atoms with Crippen LogP contribution in [0.2, 0.25) is 0 Å². The zero-order chi connectivity index (χ0) is 19.1. The highest BCUT2D eigenvalue weighted by atomic mass is 16.5. The molecule has 3 aromatic rings. The number of ether oxygens (including phenoxy) is 1. The summed E-state index contributed by atoms with van der Waals surface area (Å²) in [6.07, 6.45) is 0. The predicted molar refractivity (Wildman–Crippen MR) is 104 cm³/mol. The lowest BCUT2D eigenvalue weighted by molar-refractivity contribution is -0.871. The van der Waals surface area contributed by atoms with Crippen molar-refractivity contribution in [2.24, 2.45) is 0 Å². The molecule has 0 aliphatic heterocycles.